The minimum atomic E-state index is -0.160. The van der Waals surface area contributed by atoms with Gasteiger partial charge in [-0.15, -0.1) is 0 Å². The van der Waals surface area contributed by atoms with E-state index in [1.54, 1.807) is 0 Å². The molecule has 0 amide bonds. The van der Waals surface area contributed by atoms with Crippen LogP contribution in [0.5, 0.6) is 5.75 Å². The summed E-state index contributed by atoms with van der Waals surface area (Å²) < 4.78 is 6.06. The lowest BCUT2D eigenvalue weighted by molar-refractivity contribution is 0.0657. The summed E-state index contributed by atoms with van der Waals surface area (Å²) in [5.41, 5.74) is 2.19. The molecule has 3 heteroatoms. The van der Waals surface area contributed by atoms with Gasteiger partial charge in [-0.05, 0) is 31.5 Å². The minimum Gasteiger partial charge on any atom is -0.487 e. The number of halogens is 1. The number of hydrogen-bond donors (Lipinski definition) is 1. The molecule has 21 heavy (non-hydrogen) atoms. The van der Waals surface area contributed by atoms with Crippen molar-refractivity contribution in [2.75, 3.05) is 0 Å². The smallest absolute Gasteiger partial charge is 0.124 e. The van der Waals surface area contributed by atoms with Crippen molar-refractivity contribution >= 4 is 11.6 Å². The largest absolute Gasteiger partial charge is 0.487 e. The first-order valence-corrected chi connectivity index (χ1v) is 7.68. The van der Waals surface area contributed by atoms with Crippen LogP contribution in [0, 0.1) is 0 Å². The molecule has 1 N–H and O–H groups in total. The Labute approximate surface area is 131 Å². The third-order valence-electron chi connectivity index (χ3n) is 3.87. The van der Waals surface area contributed by atoms with Gasteiger partial charge in [-0.2, -0.15) is 0 Å². The summed E-state index contributed by atoms with van der Waals surface area (Å²) in [5, 5.41) is 4.44. The first-order valence-electron chi connectivity index (χ1n) is 7.30. The van der Waals surface area contributed by atoms with Gasteiger partial charge < -0.3 is 10.1 Å². The average molecular weight is 302 g/mol. The lowest BCUT2D eigenvalue weighted by Crippen LogP contribution is -2.39. The standard InChI is InChI=1S/C18H20ClNO/c1-18(2)11-16(14-8-4-6-10-17(14)21-18)20-12-13-7-3-5-9-15(13)19/h3-10,16,20H,11-12H2,1-2H3. The Bertz CT molecular complexity index is 639. The Morgan fingerprint density at radius 1 is 1.14 bits per heavy atom. The summed E-state index contributed by atoms with van der Waals surface area (Å²) in [4.78, 5) is 0. The van der Waals surface area contributed by atoms with Gasteiger partial charge in [0.2, 0.25) is 0 Å². The maximum atomic E-state index is 6.23. The van der Waals surface area contributed by atoms with Crippen molar-refractivity contribution in [3.63, 3.8) is 0 Å². The summed E-state index contributed by atoms with van der Waals surface area (Å²) >= 11 is 6.23. The first-order chi connectivity index (χ1) is 10.1. The van der Waals surface area contributed by atoms with Crippen molar-refractivity contribution in [3.8, 4) is 5.75 Å². The van der Waals surface area contributed by atoms with E-state index in [1.807, 2.05) is 30.3 Å². The Morgan fingerprint density at radius 2 is 1.86 bits per heavy atom. The topological polar surface area (TPSA) is 21.3 Å². The predicted molar refractivity (Wildman–Crippen MR) is 86.8 cm³/mol. The Balaban J connectivity index is 1.80. The summed E-state index contributed by atoms with van der Waals surface area (Å²) in [7, 11) is 0. The van der Waals surface area contributed by atoms with E-state index in [1.165, 1.54) is 5.56 Å². The lowest BCUT2D eigenvalue weighted by Gasteiger charge is -2.38. The molecule has 2 aromatic rings. The number of nitrogens with one attached hydrogen (secondary N) is 1. The van der Waals surface area contributed by atoms with Crippen LogP contribution in [-0.2, 0) is 6.54 Å². The second-order valence-electron chi connectivity index (χ2n) is 6.13. The van der Waals surface area contributed by atoms with Crippen LogP contribution in [-0.4, -0.2) is 5.60 Å². The third kappa shape index (κ3) is 3.22. The highest BCUT2D eigenvalue weighted by molar-refractivity contribution is 6.31. The molecule has 0 radical (unpaired) electrons. The Hall–Kier alpha value is -1.51. The Morgan fingerprint density at radius 3 is 2.67 bits per heavy atom. The molecule has 1 aliphatic heterocycles. The van der Waals surface area contributed by atoms with E-state index < -0.39 is 0 Å². The zero-order chi connectivity index (χ0) is 14.9. The molecule has 0 aromatic heterocycles. The molecule has 2 aromatic carbocycles. The van der Waals surface area contributed by atoms with Gasteiger partial charge in [0, 0.05) is 29.6 Å². The van der Waals surface area contributed by atoms with Crippen LogP contribution in [0.25, 0.3) is 0 Å². The molecule has 0 fully saturated rings. The van der Waals surface area contributed by atoms with Crippen molar-refractivity contribution in [1.82, 2.24) is 5.32 Å². The summed E-state index contributed by atoms with van der Waals surface area (Å²) in [6.45, 7) is 5.02. The number of ether oxygens (including phenoxy) is 1. The highest BCUT2D eigenvalue weighted by Gasteiger charge is 2.33. The number of rotatable bonds is 3. The van der Waals surface area contributed by atoms with Crippen molar-refractivity contribution in [2.24, 2.45) is 0 Å². The molecule has 1 unspecified atom stereocenters. The molecule has 1 atom stereocenters. The molecule has 0 saturated carbocycles. The summed E-state index contributed by atoms with van der Waals surface area (Å²) in [6.07, 6.45) is 0.939. The van der Waals surface area contributed by atoms with E-state index in [-0.39, 0.29) is 11.6 Å². The highest BCUT2D eigenvalue weighted by atomic mass is 35.5. The fraction of sp³-hybridized carbons (Fsp3) is 0.333. The molecule has 1 heterocycles. The average Bonchev–Trinajstić information content (AvgIpc) is 2.45. The molecule has 0 bridgehead atoms. The van der Waals surface area contributed by atoms with Gasteiger partial charge in [-0.1, -0.05) is 48.0 Å². The zero-order valence-electron chi connectivity index (χ0n) is 12.4. The molecule has 0 spiro atoms. The van der Waals surface area contributed by atoms with Crippen LogP contribution in [0.4, 0.5) is 0 Å². The number of hydrogen-bond acceptors (Lipinski definition) is 2. The van der Waals surface area contributed by atoms with Crippen molar-refractivity contribution in [2.45, 2.75) is 38.5 Å². The van der Waals surface area contributed by atoms with Crippen LogP contribution in [0.15, 0.2) is 48.5 Å². The van der Waals surface area contributed by atoms with Crippen LogP contribution in [0.1, 0.15) is 37.4 Å². The quantitative estimate of drug-likeness (QED) is 0.884. The second-order valence-corrected chi connectivity index (χ2v) is 6.54. The Kier molecular flexibility index (Phi) is 3.92. The molecular weight excluding hydrogens is 282 g/mol. The third-order valence-corrected chi connectivity index (χ3v) is 4.24. The van der Waals surface area contributed by atoms with Crippen molar-refractivity contribution in [3.05, 3.63) is 64.7 Å². The molecule has 1 aliphatic rings. The molecule has 0 saturated heterocycles. The fourth-order valence-corrected chi connectivity index (χ4v) is 3.06. The van der Waals surface area contributed by atoms with Crippen LogP contribution in [0.2, 0.25) is 5.02 Å². The van der Waals surface area contributed by atoms with Gasteiger partial charge in [0.25, 0.3) is 0 Å². The van der Waals surface area contributed by atoms with E-state index in [9.17, 15) is 0 Å². The normalized spacial score (nSPS) is 19.7. The van der Waals surface area contributed by atoms with E-state index in [2.05, 4.69) is 37.4 Å². The minimum absolute atomic E-state index is 0.160. The van der Waals surface area contributed by atoms with Crippen LogP contribution in [0.3, 0.4) is 0 Å². The molecule has 0 aliphatic carbocycles. The van der Waals surface area contributed by atoms with Gasteiger partial charge in [-0.3, -0.25) is 0 Å². The van der Waals surface area contributed by atoms with Gasteiger partial charge in [0.1, 0.15) is 11.4 Å². The summed E-state index contributed by atoms with van der Waals surface area (Å²) in [5.74, 6) is 0.977. The number of fused-ring (bicyclic) bond motifs is 1. The zero-order valence-corrected chi connectivity index (χ0v) is 13.2. The molecule has 3 rings (SSSR count). The van der Waals surface area contributed by atoms with Gasteiger partial charge in [0.05, 0.1) is 0 Å². The number of para-hydroxylation sites is 1. The van der Waals surface area contributed by atoms with E-state index in [0.29, 0.717) is 0 Å². The monoisotopic (exact) mass is 301 g/mol. The first kappa shape index (κ1) is 14.4. The second kappa shape index (κ2) is 5.70. The fourth-order valence-electron chi connectivity index (χ4n) is 2.86. The SMILES string of the molecule is CC1(C)CC(NCc2ccccc2Cl)c2ccccc2O1. The van der Waals surface area contributed by atoms with Gasteiger partial charge in [0.15, 0.2) is 0 Å². The van der Waals surface area contributed by atoms with Gasteiger partial charge in [-0.25, -0.2) is 0 Å². The summed E-state index contributed by atoms with van der Waals surface area (Å²) in [6, 6.07) is 16.5. The van der Waals surface area contributed by atoms with Crippen molar-refractivity contribution < 1.29 is 4.74 Å². The van der Waals surface area contributed by atoms with Crippen LogP contribution < -0.4 is 10.1 Å². The maximum Gasteiger partial charge on any atom is 0.124 e. The lowest BCUT2D eigenvalue weighted by atomic mass is 9.89. The van der Waals surface area contributed by atoms with E-state index in [0.717, 1.165) is 29.3 Å². The van der Waals surface area contributed by atoms with Gasteiger partial charge >= 0.3 is 0 Å². The van der Waals surface area contributed by atoms with Crippen LogP contribution >= 0.6 is 11.6 Å². The highest BCUT2D eigenvalue weighted by Crippen LogP contribution is 2.39. The number of benzene rings is 2. The van der Waals surface area contributed by atoms with Crippen molar-refractivity contribution in [1.29, 1.82) is 0 Å². The maximum absolute atomic E-state index is 6.23. The van der Waals surface area contributed by atoms with E-state index >= 15 is 0 Å². The predicted octanol–water partition coefficient (Wildman–Crippen LogP) is 4.73. The van der Waals surface area contributed by atoms with E-state index in [4.69, 9.17) is 16.3 Å². The molecule has 2 nitrogen and oxygen atoms in total. The molecular formula is C18H20ClNO. The molecule has 110 valence electrons.